The van der Waals surface area contributed by atoms with E-state index in [4.69, 9.17) is 0 Å². The Morgan fingerprint density at radius 2 is 2.00 bits per heavy atom. The van der Waals surface area contributed by atoms with Crippen LogP contribution < -0.4 is 10.7 Å². The second-order valence-corrected chi connectivity index (χ2v) is 4.19. The summed E-state index contributed by atoms with van der Waals surface area (Å²) in [7, 11) is 0. The fourth-order valence-electron chi connectivity index (χ4n) is 1.57. The van der Waals surface area contributed by atoms with Gasteiger partial charge in [0.2, 0.25) is 0 Å². The highest BCUT2D eigenvalue weighted by Gasteiger charge is 2.01. The number of nitrogens with zero attached hydrogens (tertiary/aromatic N) is 2. The van der Waals surface area contributed by atoms with E-state index in [1.165, 1.54) is 0 Å². The Labute approximate surface area is 117 Å². The molecule has 2 rings (SSSR count). The zero-order valence-electron chi connectivity index (χ0n) is 11.2. The molecule has 1 heterocycles. The van der Waals surface area contributed by atoms with Crippen molar-refractivity contribution in [1.82, 2.24) is 10.4 Å². The first-order chi connectivity index (χ1) is 9.75. The summed E-state index contributed by atoms with van der Waals surface area (Å²) in [6, 6.07) is 13.3. The minimum atomic E-state index is -0.197. The van der Waals surface area contributed by atoms with E-state index in [0.717, 1.165) is 11.3 Å². The van der Waals surface area contributed by atoms with E-state index in [0.29, 0.717) is 5.71 Å². The largest absolute Gasteiger partial charge is 0.376 e. The summed E-state index contributed by atoms with van der Waals surface area (Å²) in [5, 5.41) is 7.06. The summed E-state index contributed by atoms with van der Waals surface area (Å²) < 4.78 is 0. The summed E-state index contributed by atoms with van der Waals surface area (Å²) in [6.07, 6.45) is 3.40. The number of carbonyl (C=O) groups is 1. The average molecular weight is 268 g/mol. The number of nitrogens with one attached hydrogen (secondary N) is 2. The van der Waals surface area contributed by atoms with Gasteiger partial charge in [-0.25, -0.2) is 5.43 Å². The van der Waals surface area contributed by atoms with Crippen molar-refractivity contribution in [3.63, 3.8) is 0 Å². The van der Waals surface area contributed by atoms with Gasteiger partial charge in [-0.1, -0.05) is 24.3 Å². The Morgan fingerprint density at radius 1 is 1.20 bits per heavy atom. The molecule has 1 aromatic heterocycles. The number of para-hydroxylation sites is 1. The molecule has 0 fully saturated rings. The third-order valence-electron chi connectivity index (χ3n) is 2.65. The Balaban J connectivity index is 1.83. The van der Waals surface area contributed by atoms with Crippen molar-refractivity contribution in [2.45, 2.75) is 6.92 Å². The third kappa shape index (κ3) is 4.20. The molecule has 0 aliphatic rings. The van der Waals surface area contributed by atoms with Gasteiger partial charge in [-0.2, -0.15) is 5.10 Å². The van der Waals surface area contributed by atoms with Crippen LogP contribution in [-0.4, -0.2) is 23.1 Å². The van der Waals surface area contributed by atoms with E-state index in [1.54, 1.807) is 12.4 Å². The first-order valence-corrected chi connectivity index (χ1v) is 6.28. The first kappa shape index (κ1) is 13.7. The van der Waals surface area contributed by atoms with Crippen LogP contribution in [-0.2, 0) is 4.79 Å². The van der Waals surface area contributed by atoms with Gasteiger partial charge in [0, 0.05) is 23.6 Å². The molecule has 0 spiro atoms. The second kappa shape index (κ2) is 7.04. The van der Waals surface area contributed by atoms with E-state index in [2.05, 4.69) is 20.8 Å². The Kier molecular flexibility index (Phi) is 4.83. The lowest BCUT2D eigenvalue weighted by Gasteiger charge is -2.05. The van der Waals surface area contributed by atoms with E-state index < -0.39 is 0 Å². The van der Waals surface area contributed by atoms with Crippen LogP contribution in [0.1, 0.15) is 12.5 Å². The van der Waals surface area contributed by atoms with Crippen LogP contribution in [0.4, 0.5) is 5.69 Å². The van der Waals surface area contributed by atoms with Gasteiger partial charge in [-0.05, 0) is 25.1 Å². The van der Waals surface area contributed by atoms with Crippen molar-refractivity contribution in [2.75, 3.05) is 11.9 Å². The predicted octanol–water partition coefficient (Wildman–Crippen LogP) is 2.03. The Bertz CT molecular complexity index is 581. The van der Waals surface area contributed by atoms with Crippen LogP contribution in [0, 0.1) is 0 Å². The van der Waals surface area contributed by atoms with Gasteiger partial charge in [-0.3, -0.25) is 9.78 Å². The molecule has 0 unspecified atom stereocenters. The van der Waals surface area contributed by atoms with E-state index >= 15 is 0 Å². The number of hydrogen-bond acceptors (Lipinski definition) is 4. The van der Waals surface area contributed by atoms with Gasteiger partial charge in [0.05, 0.1) is 12.3 Å². The molecule has 0 saturated carbocycles. The molecule has 20 heavy (non-hydrogen) atoms. The maximum absolute atomic E-state index is 11.7. The standard InChI is InChI=1S/C15H16N4O/c1-12(13-6-5-9-16-10-13)18-19-15(20)11-17-14-7-3-2-4-8-14/h2-10,17H,11H2,1H3,(H,19,20)/b18-12-. The second-order valence-electron chi connectivity index (χ2n) is 4.19. The molecule has 0 aliphatic carbocycles. The topological polar surface area (TPSA) is 66.4 Å². The van der Waals surface area contributed by atoms with Crippen molar-refractivity contribution >= 4 is 17.3 Å². The van der Waals surface area contributed by atoms with Crippen LogP contribution in [0.15, 0.2) is 60.0 Å². The quantitative estimate of drug-likeness (QED) is 0.644. The highest BCUT2D eigenvalue weighted by Crippen LogP contribution is 2.03. The fraction of sp³-hybridized carbons (Fsp3) is 0.133. The van der Waals surface area contributed by atoms with Crippen molar-refractivity contribution in [3.8, 4) is 0 Å². The summed E-state index contributed by atoms with van der Waals surface area (Å²) in [4.78, 5) is 15.7. The zero-order valence-corrected chi connectivity index (χ0v) is 11.2. The highest BCUT2D eigenvalue weighted by molar-refractivity contribution is 5.99. The van der Waals surface area contributed by atoms with E-state index in [9.17, 15) is 4.79 Å². The molecule has 5 nitrogen and oxygen atoms in total. The normalized spacial score (nSPS) is 10.9. The molecule has 2 aromatic rings. The third-order valence-corrected chi connectivity index (χ3v) is 2.65. The average Bonchev–Trinajstić information content (AvgIpc) is 2.52. The minimum Gasteiger partial charge on any atom is -0.376 e. The van der Waals surface area contributed by atoms with Gasteiger partial charge in [-0.15, -0.1) is 0 Å². The maximum atomic E-state index is 11.7. The number of hydrazone groups is 1. The number of pyridine rings is 1. The monoisotopic (exact) mass is 268 g/mol. The fourth-order valence-corrected chi connectivity index (χ4v) is 1.57. The van der Waals surface area contributed by atoms with Gasteiger partial charge in [0.15, 0.2) is 0 Å². The van der Waals surface area contributed by atoms with Crippen LogP contribution in [0.3, 0.4) is 0 Å². The predicted molar refractivity (Wildman–Crippen MR) is 79.5 cm³/mol. The first-order valence-electron chi connectivity index (χ1n) is 6.28. The number of anilines is 1. The summed E-state index contributed by atoms with van der Waals surface area (Å²) in [5.74, 6) is -0.197. The van der Waals surface area contributed by atoms with Gasteiger partial charge >= 0.3 is 0 Å². The highest BCUT2D eigenvalue weighted by atomic mass is 16.2. The number of rotatable bonds is 5. The number of amides is 1. The van der Waals surface area contributed by atoms with E-state index in [-0.39, 0.29) is 12.5 Å². The molecule has 0 bridgehead atoms. The number of carbonyl (C=O) groups excluding carboxylic acids is 1. The molecule has 2 N–H and O–H groups in total. The minimum absolute atomic E-state index is 0.174. The molecule has 1 aromatic carbocycles. The summed E-state index contributed by atoms with van der Waals surface area (Å²) in [6.45, 7) is 2.00. The Morgan fingerprint density at radius 3 is 2.70 bits per heavy atom. The molecule has 0 saturated heterocycles. The zero-order chi connectivity index (χ0) is 14.2. The van der Waals surface area contributed by atoms with Crippen LogP contribution >= 0.6 is 0 Å². The number of hydrogen-bond donors (Lipinski definition) is 2. The molecule has 5 heteroatoms. The van der Waals surface area contributed by atoms with Gasteiger partial charge in [0.25, 0.3) is 5.91 Å². The van der Waals surface area contributed by atoms with Gasteiger partial charge < -0.3 is 5.32 Å². The lowest BCUT2D eigenvalue weighted by atomic mass is 10.2. The van der Waals surface area contributed by atoms with Gasteiger partial charge in [0.1, 0.15) is 0 Å². The van der Waals surface area contributed by atoms with Crippen molar-refractivity contribution < 1.29 is 4.79 Å². The molecule has 0 atom stereocenters. The van der Waals surface area contributed by atoms with Crippen LogP contribution in [0.5, 0.6) is 0 Å². The number of benzene rings is 1. The summed E-state index contributed by atoms with van der Waals surface area (Å²) >= 11 is 0. The SMILES string of the molecule is C/C(=N/NC(=O)CNc1ccccc1)c1cccnc1. The summed E-state index contributed by atoms with van der Waals surface area (Å²) in [5.41, 5.74) is 5.00. The van der Waals surface area contributed by atoms with E-state index in [1.807, 2.05) is 49.4 Å². The number of aromatic nitrogens is 1. The smallest absolute Gasteiger partial charge is 0.259 e. The molecular weight excluding hydrogens is 252 g/mol. The molecule has 102 valence electrons. The van der Waals surface area contributed by atoms with Crippen LogP contribution in [0.2, 0.25) is 0 Å². The molecule has 0 aliphatic heterocycles. The van der Waals surface area contributed by atoms with Crippen molar-refractivity contribution in [1.29, 1.82) is 0 Å². The lowest BCUT2D eigenvalue weighted by Crippen LogP contribution is -2.26. The maximum Gasteiger partial charge on any atom is 0.259 e. The Hall–Kier alpha value is -2.69. The van der Waals surface area contributed by atoms with Crippen molar-refractivity contribution in [2.24, 2.45) is 5.10 Å². The molecular formula is C15H16N4O. The van der Waals surface area contributed by atoms with Crippen LogP contribution in [0.25, 0.3) is 0 Å². The van der Waals surface area contributed by atoms with Crippen molar-refractivity contribution in [3.05, 3.63) is 60.4 Å². The molecule has 1 amide bonds. The lowest BCUT2D eigenvalue weighted by molar-refractivity contribution is -0.119. The molecule has 0 radical (unpaired) electrons.